The number of imidazole rings is 1. The van der Waals surface area contributed by atoms with Gasteiger partial charge in [0.05, 0.1) is 5.69 Å². The lowest BCUT2D eigenvalue weighted by molar-refractivity contribution is 0.0846. The maximum atomic E-state index is 10.7. The summed E-state index contributed by atoms with van der Waals surface area (Å²) in [5, 5.41) is 0. The summed E-state index contributed by atoms with van der Waals surface area (Å²) in [5.41, 5.74) is 2.62. The van der Waals surface area contributed by atoms with Crippen LogP contribution < -0.4 is 0 Å². The minimum absolute atomic E-state index is 0.489. The SMILES string of the molecule is O=Cc1ccn2cc(C3CCOCC3)nc2c1. The molecule has 0 N–H and O–H groups in total. The molecule has 4 nitrogen and oxygen atoms in total. The largest absolute Gasteiger partial charge is 0.381 e. The standard InChI is InChI=1S/C13H14N2O2/c16-9-10-1-4-15-8-12(14-13(15)7-10)11-2-5-17-6-3-11/h1,4,7-9,11H,2-3,5-6H2. The van der Waals surface area contributed by atoms with E-state index >= 15 is 0 Å². The molecule has 0 unspecified atom stereocenters. The van der Waals surface area contributed by atoms with E-state index in [4.69, 9.17) is 4.74 Å². The second-order valence-electron chi connectivity index (χ2n) is 4.40. The van der Waals surface area contributed by atoms with Gasteiger partial charge in [-0.2, -0.15) is 0 Å². The van der Waals surface area contributed by atoms with Crippen LogP contribution >= 0.6 is 0 Å². The van der Waals surface area contributed by atoms with E-state index in [1.54, 1.807) is 6.07 Å². The number of nitrogens with zero attached hydrogens (tertiary/aromatic N) is 2. The lowest BCUT2D eigenvalue weighted by Crippen LogP contribution is -2.14. The number of ether oxygens (including phenoxy) is 1. The predicted octanol–water partition coefficient (Wildman–Crippen LogP) is 2.04. The Hall–Kier alpha value is -1.68. The Morgan fingerprint density at radius 2 is 2.24 bits per heavy atom. The molecule has 2 aromatic heterocycles. The molecule has 88 valence electrons. The monoisotopic (exact) mass is 230 g/mol. The first-order valence-corrected chi connectivity index (χ1v) is 5.88. The quantitative estimate of drug-likeness (QED) is 0.741. The summed E-state index contributed by atoms with van der Waals surface area (Å²) in [4.78, 5) is 15.3. The summed E-state index contributed by atoms with van der Waals surface area (Å²) < 4.78 is 7.32. The van der Waals surface area contributed by atoms with Crippen LogP contribution in [0.5, 0.6) is 0 Å². The fourth-order valence-electron chi connectivity index (χ4n) is 2.28. The zero-order valence-corrected chi connectivity index (χ0v) is 9.50. The topological polar surface area (TPSA) is 43.6 Å². The molecule has 0 aliphatic carbocycles. The van der Waals surface area contributed by atoms with Gasteiger partial charge in [0.15, 0.2) is 0 Å². The number of hydrogen-bond donors (Lipinski definition) is 0. The van der Waals surface area contributed by atoms with Crippen molar-refractivity contribution in [2.75, 3.05) is 13.2 Å². The molecular formula is C13H14N2O2. The van der Waals surface area contributed by atoms with Crippen LogP contribution in [-0.4, -0.2) is 28.9 Å². The molecule has 0 amide bonds. The third-order valence-electron chi connectivity index (χ3n) is 3.28. The molecule has 0 spiro atoms. The van der Waals surface area contributed by atoms with Crippen LogP contribution in [0.4, 0.5) is 0 Å². The molecule has 0 saturated carbocycles. The summed E-state index contributed by atoms with van der Waals surface area (Å²) in [7, 11) is 0. The van der Waals surface area contributed by atoms with Gasteiger partial charge >= 0.3 is 0 Å². The highest BCUT2D eigenvalue weighted by atomic mass is 16.5. The molecular weight excluding hydrogens is 216 g/mol. The molecule has 3 heterocycles. The molecule has 1 aliphatic heterocycles. The van der Waals surface area contributed by atoms with Crippen LogP contribution in [0, 0.1) is 0 Å². The van der Waals surface area contributed by atoms with Crippen LogP contribution in [0.1, 0.15) is 34.8 Å². The maximum absolute atomic E-state index is 10.7. The van der Waals surface area contributed by atoms with Gasteiger partial charge < -0.3 is 9.14 Å². The summed E-state index contributed by atoms with van der Waals surface area (Å²) in [6, 6.07) is 3.62. The van der Waals surface area contributed by atoms with E-state index in [1.165, 1.54) is 0 Å². The van der Waals surface area contributed by atoms with E-state index < -0.39 is 0 Å². The number of aldehydes is 1. The lowest BCUT2D eigenvalue weighted by Gasteiger charge is -2.19. The first-order valence-electron chi connectivity index (χ1n) is 5.88. The van der Waals surface area contributed by atoms with Gasteiger partial charge in [-0.25, -0.2) is 4.98 Å². The van der Waals surface area contributed by atoms with Crippen molar-refractivity contribution in [3.63, 3.8) is 0 Å². The summed E-state index contributed by atoms with van der Waals surface area (Å²) in [6.45, 7) is 1.64. The molecule has 0 bridgehead atoms. The number of carbonyl (C=O) groups is 1. The second-order valence-corrected chi connectivity index (χ2v) is 4.40. The number of hydrogen-bond acceptors (Lipinski definition) is 3. The van der Waals surface area contributed by atoms with E-state index in [0.717, 1.165) is 43.7 Å². The Bertz CT molecular complexity index is 541. The summed E-state index contributed by atoms with van der Waals surface area (Å²) in [5.74, 6) is 0.489. The third kappa shape index (κ3) is 1.96. The smallest absolute Gasteiger partial charge is 0.150 e. The van der Waals surface area contributed by atoms with Crippen molar-refractivity contribution < 1.29 is 9.53 Å². The van der Waals surface area contributed by atoms with Crippen molar-refractivity contribution >= 4 is 11.9 Å². The first kappa shape index (κ1) is 10.5. The first-order chi connectivity index (χ1) is 8.36. The molecule has 0 atom stereocenters. The number of fused-ring (bicyclic) bond motifs is 1. The third-order valence-corrected chi connectivity index (χ3v) is 3.28. The van der Waals surface area contributed by atoms with Crippen LogP contribution in [0.2, 0.25) is 0 Å². The molecule has 17 heavy (non-hydrogen) atoms. The second kappa shape index (κ2) is 4.30. The molecule has 1 fully saturated rings. The van der Waals surface area contributed by atoms with Crippen LogP contribution in [0.25, 0.3) is 5.65 Å². The van der Waals surface area contributed by atoms with Crippen molar-refractivity contribution in [1.29, 1.82) is 0 Å². The van der Waals surface area contributed by atoms with Gasteiger partial charge in [0.25, 0.3) is 0 Å². The van der Waals surface area contributed by atoms with E-state index in [0.29, 0.717) is 11.5 Å². The molecule has 4 heteroatoms. The van der Waals surface area contributed by atoms with Gasteiger partial charge in [0.1, 0.15) is 11.9 Å². The summed E-state index contributed by atoms with van der Waals surface area (Å²) >= 11 is 0. The minimum atomic E-state index is 0.489. The van der Waals surface area contributed by atoms with Crippen molar-refractivity contribution in [3.05, 3.63) is 35.8 Å². The summed E-state index contributed by atoms with van der Waals surface area (Å²) in [6.07, 6.45) is 6.85. The average Bonchev–Trinajstić information content (AvgIpc) is 2.82. The van der Waals surface area contributed by atoms with Crippen molar-refractivity contribution in [2.45, 2.75) is 18.8 Å². The van der Waals surface area contributed by atoms with Crippen molar-refractivity contribution in [1.82, 2.24) is 9.38 Å². The highest BCUT2D eigenvalue weighted by Crippen LogP contribution is 2.26. The van der Waals surface area contributed by atoms with Gasteiger partial charge in [-0.3, -0.25) is 4.79 Å². The van der Waals surface area contributed by atoms with Gasteiger partial charge in [-0.15, -0.1) is 0 Å². The zero-order chi connectivity index (χ0) is 11.7. The highest BCUT2D eigenvalue weighted by Gasteiger charge is 2.18. The van der Waals surface area contributed by atoms with Crippen LogP contribution in [-0.2, 0) is 4.74 Å². The number of pyridine rings is 1. The fourth-order valence-corrected chi connectivity index (χ4v) is 2.28. The van der Waals surface area contributed by atoms with Gasteiger partial charge in [0, 0.05) is 37.1 Å². The Balaban J connectivity index is 1.97. The molecule has 0 radical (unpaired) electrons. The van der Waals surface area contributed by atoms with E-state index in [-0.39, 0.29) is 0 Å². The molecule has 0 aromatic carbocycles. The average molecular weight is 230 g/mol. The van der Waals surface area contributed by atoms with Gasteiger partial charge in [0.2, 0.25) is 0 Å². The minimum Gasteiger partial charge on any atom is -0.381 e. The molecule has 2 aromatic rings. The van der Waals surface area contributed by atoms with Gasteiger partial charge in [-0.05, 0) is 25.0 Å². The van der Waals surface area contributed by atoms with E-state index in [9.17, 15) is 4.79 Å². The number of carbonyl (C=O) groups excluding carboxylic acids is 1. The Morgan fingerprint density at radius 1 is 1.41 bits per heavy atom. The lowest BCUT2D eigenvalue weighted by atomic mass is 9.97. The van der Waals surface area contributed by atoms with Gasteiger partial charge in [-0.1, -0.05) is 0 Å². The normalized spacial score (nSPS) is 17.4. The maximum Gasteiger partial charge on any atom is 0.150 e. The number of rotatable bonds is 2. The Labute approximate surface area is 99.2 Å². The zero-order valence-electron chi connectivity index (χ0n) is 9.50. The fraction of sp³-hybridized carbons (Fsp3) is 0.385. The van der Waals surface area contributed by atoms with Crippen LogP contribution in [0.3, 0.4) is 0 Å². The Morgan fingerprint density at radius 3 is 3.00 bits per heavy atom. The number of aromatic nitrogens is 2. The molecule has 1 saturated heterocycles. The predicted molar refractivity (Wildman–Crippen MR) is 63.4 cm³/mol. The molecule has 1 aliphatic rings. The van der Waals surface area contributed by atoms with E-state index in [2.05, 4.69) is 11.2 Å². The molecule has 3 rings (SSSR count). The Kier molecular flexibility index (Phi) is 2.65. The van der Waals surface area contributed by atoms with E-state index in [1.807, 2.05) is 16.7 Å². The van der Waals surface area contributed by atoms with Crippen LogP contribution in [0.15, 0.2) is 24.5 Å². The van der Waals surface area contributed by atoms with Crippen molar-refractivity contribution in [3.8, 4) is 0 Å². The highest BCUT2D eigenvalue weighted by molar-refractivity contribution is 5.76. The van der Waals surface area contributed by atoms with Crippen molar-refractivity contribution in [2.24, 2.45) is 0 Å².